The van der Waals surface area contributed by atoms with Crippen molar-refractivity contribution in [1.29, 1.82) is 0 Å². The summed E-state index contributed by atoms with van der Waals surface area (Å²) in [5.41, 5.74) is 0. The van der Waals surface area contributed by atoms with Crippen molar-refractivity contribution in [3.8, 4) is 0 Å². The van der Waals surface area contributed by atoms with Gasteiger partial charge in [-0.2, -0.15) is 5.10 Å². The third kappa shape index (κ3) is 1.98. The summed E-state index contributed by atoms with van der Waals surface area (Å²) in [5.74, 6) is 2.10. The van der Waals surface area contributed by atoms with Gasteiger partial charge in [-0.05, 0) is 31.6 Å². The first-order valence-corrected chi connectivity index (χ1v) is 6.49. The second kappa shape index (κ2) is 4.17. The van der Waals surface area contributed by atoms with E-state index in [1.54, 1.807) is 6.33 Å². The topological polar surface area (TPSA) is 42.7 Å². The van der Waals surface area contributed by atoms with Gasteiger partial charge in [-0.15, -0.1) is 0 Å². The van der Waals surface area contributed by atoms with Gasteiger partial charge in [0.15, 0.2) is 0 Å². The highest BCUT2D eigenvalue weighted by molar-refractivity contribution is 4.94. The minimum absolute atomic E-state index is 0.597. The smallest absolute Gasteiger partial charge is 0.138 e. The molecule has 4 heteroatoms. The first-order valence-electron chi connectivity index (χ1n) is 6.49. The molecule has 2 heterocycles. The molecule has 1 aromatic rings. The lowest BCUT2D eigenvalue weighted by Gasteiger charge is -2.28. The predicted octanol–water partition coefficient (Wildman–Crippen LogP) is 1.37. The lowest BCUT2D eigenvalue weighted by atomic mass is 10.0. The first-order chi connectivity index (χ1) is 7.86. The number of nitrogens with zero attached hydrogens (tertiary/aromatic N) is 3. The van der Waals surface area contributed by atoms with Gasteiger partial charge in [0, 0.05) is 18.5 Å². The van der Waals surface area contributed by atoms with Gasteiger partial charge in [0.25, 0.3) is 0 Å². The molecule has 88 valence electrons. The van der Waals surface area contributed by atoms with E-state index in [-0.39, 0.29) is 0 Å². The van der Waals surface area contributed by atoms with Crippen LogP contribution in [0, 0.1) is 5.92 Å². The highest BCUT2D eigenvalue weighted by Gasteiger charge is 2.32. The zero-order valence-corrected chi connectivity index (χ0v) is 9.89. The van der Waals surface area contributed by atoms with Crippen molar-refractivity contribution in [2.75, 3.05) is 0 Å². The maximum absolute atomic E-state index is 4.27. The number of nitrogens with one attached hydrogen (secondary N) is 1. The van der Waals surface area contributed by atoms with Crippen LogP contribution >= 0.6 is 0 Å². The summed E-state index contributed by atoms with van der Waals surface area (Å²) >= 11 is 0. The molecule has 1 aromatic heterocycles. The zero-order chi connectivity index (χ0) is 11.0. The summed E-state index contributed by atoms with van der Waals surface area (Å²) in [6, 6.07) is 1.33. The van der Waals surface area contributed by atoms with E-state index >= 15 is 0 Å². The molecule has 1 aliphatic carbocycles. The van der Waals surface area contributed by atoms with Crippen molar-refractivity contribution in [3.05, 3.63) is 12.2 Å². The van der Waals surface area contributed by atoms with Crippen LogP contribution in [0.2, 0.25) is 0 Å². The third-order valence-corrected chi connectivity index (χ3v) is 3.89. The van der Waals surface area contributed by atoms with Gasteiger partial charge >= 0.3 is 0 Å². The molecule has 0 saturated heterocycles. The van der Waals surface area contributed by atoms with Crippen LogP contribution in [0.5, 0.6) is 0 Å². The fraction of sp³-hybridized carbons (Fsp3) is 0.833. The van der Waals surface area contributed by atoms with Crippen molar-refractivity contribution in [2.24, 2.45) is 5.92 Å². The summed E-state index contributed by atoms with van der Waals surface area (Å²) in [7, 11) is 0. The Bertz CT molecular complexity index is 356. The maximum atomic E-state index is 4.27. The van der Waals surface area contributed by atoms with Crippen LogP contribution in [0.25, 0.3) is 0 Å². The molecule has 0 amide bonds. The van der Waals surface area contributed by atoms with Crippen LogP contribution < -0.4 is 5.32 Å². The van der Waals surface area contributed by atoms with E-state index in [4.69, 9.17) is 0 Å². The second-order valence-electron chi connectivity index (χ2n) is 5.11. The molecule has 0 radical (unpaired) electrons. The number of hydrogen-bond acceptors (Lipinski definition) is 3. The third-order valence-electron chi connectivity index (χ3n) is 3.89. The molecule has 4 nitrogen and oxygen atoms in total. The van der Waals surface area contributed by atoms with Crippen molar-refractivity contribution in [2.45, 2.75) is 57.7 Å². The van der Waals surface area contributed by atoms with E-state index in [1.165, 1.54) is 25.7 Å². The van der Waals surface area contributed by atoms with E-state index in [9.17, 15) is 0 Å². The van der Waals surface area contributed by atoms with Gasteiger partial charge in [0.1, 0.15) is 12.2 Å². The lowest BCUT2D eigenvalue weighted by molar-refractivity contribution is 0.306. The number of aryl methyl sites for hydroxylation is 1. The summed E-state index contributed by atoms with van der Waals surface area (Å²) in [4.78, 5) is 4.26. The molecule has 0 aromatic carbocycles. The lowest BCUT2D eigenvalue weighted by Crippen LogP contribution is -2.44. The normalized spacial score (nSPS) is 26.4. The van der Waals surface area contributed by atoms with E-state index < -0.39 is 0 Å². The summed E-state index contributed by atoms with van der Waals surface area (Å²) < 4.78 is 2.06. The highest BCUT2D eigenvalue weighted by Crippen LogP contribution is 2.34. The van der Waals surface area contributed by atoms with Gasteiger partial charge in [-0.3, -0.25) is 0 Å². The molecule has 2 atom stereocenters. The number of hydrogen-bond donors (Lipinski definition) is 1. The van der Waals surface area contributed by atoms with Crippen molar-refractivity contribution < 1.29 is 0 Å². The SMILES string of the molecule is CCC(NC1CCc2ncnn2C1)C1CC1. The molecule has 0 bridgehead atoms. The average Bonchev–Trinajstić information content (AvgIpc) is 3.04. The van der Waals surface area contributed by atoms with Crippen molar-refractivity contribution in [3.63, 3.8) is 0 Å². The van der Waals surface area contributed by atoms with Gasteiger partial charge in [0.2, 0.25) is 0 Å². The predicted molar refractivity (Wildman–Crippen MR) is 62.1 cm³/mol. The van der Waals surface area contributed by atoms with E-state index in [0.717, 1.165) is 30.7 Å². The number of fused-ring (bicyclic) bond motifs is 1. The fourth-order valence-corrected chi connectivity index (χ4v) is 2.76. The molecule has 1 fully saturated rings. The number of rotatable bonds is 4. The molecule has 0 spiro atoms. The Morgan fingerprint density at radius 1 is 1.50 bits per heavy atom. The van der Waals surface area contributed by atoms with Gasteiger partial charge < -0.3 is 5.32 Å². The monoisotopic (exact) mass is 220 g/mol. The molecular weight excluding hydrogens is 200 g/mol. The quantitative estimate of drug-likeness (QED) is 0.833. The van der Waals surface area contributed by atoms with Gasteiger partial charge in [0.05, 0.1) is 6.54 Å². The maximum Gasteiger partial charge on any atom is 0.138 e. The second-order valence-corrected chi connectivity index (χ2v) is 5.11. The highest BCUT2D eigenvalue weighted by atomic mass is 15.3. The Hall–Kier alpha value is -0.900. The minimum atomic E-state index is 0.597. The Morgan fingerprint density at radius 3 is 3.12 bits per heavy atom. The van der Waals surface area contributed by atoms with Gasteiger partial charge in [-0.1, -0.05) is 6.92 Å². The van der Waals surface area contributed by atoms with Crippen molar-refractivity contribution >= 4 is 0 Å². The van der Waals surface area contributed by atoms with Crippen molar-refractivity contribution in [1.82, 2.24) is 20.1 Å². The largest absolute Gasteiger partial charge is 0.309 e. The molecule has 2 aliphatic rings. The molecule has 16 heavy (non-hydrogen) atoms. The minimum Gasteiger partial charge on any atom is -0.309 e. The van der Waals surface area contributed by atoms with Crippen LogP contribution in [0.1, 0.15) is 38.4 Å². The van der Waals surface area contributed by atoms with Crippen LogP contribution in [0.15, 0.2) is 6.33 Å². The van der Waals surface area contributed by atoms with Crippen LogP contribution in [-0.4, -0.2) is 26.8 Å². The molecule has 1 saturated carbocycles. The summed E-state index contributed by atoms with van der Waals surface area (Å²) in [5, 5.41) is 8.08. The molecule has 1 N–H and O–H groups in total. The standard InChI is InChI=1S/C12H20N4/c1-2-11(9-3-4-9)15-10-5-6-12-13-8-14-16(12)7-10/h8-11,15H,2-7H2,1H3. The summed E-state index contributed by atoms with van der Waals surface area (Å²) in [6.07, 6.45) is 8.06. The van der Waals surface area contributed by atoms with Gasteiger partial charge in [-0.25, -0.2) is 9.67 Å². The Labute approximate surface area is 96.4 Å². The average molecular weight is 220 g/mol. The Morgan fingerprint density at radius 2 is 2.38 bits per heavy atom. The van der Waals surface area contributed by atoms with Crippen LogP contribution in [-0.2, 0) is 13.0 Å². The Balaban J connectivity index is 1.60. The first kappa shape index (κ1) is 10.3. The molecule has 3 rings (SSSR count). The fourth-order valence-electron chi connectivity index (χ4n) is 2.76. The van der Waals surface area contributed by atoms with Crippen LogP contribution in [0.4, 0.5) is 0 Å². The Kier molecular flexibility index (Phi) is 2.67. The van der Waals surface area contributed by atoms with E-state index in [2.05, 4.69) is 27.0 Å². The molecule has 2 unspecified atom stereocenters. The molecular formula is C12H20N4. The van der Waals surface area contributed by atoms with E-state index in [1.807, 2.05) is 0 Å². The summed E-state index contributed by atoms with van der Waals surface area (Å²) in [6.45, 7) is 3.29. The van der Waals surface area contributed by atoms with E-state index in [0.29, 0.717) is 6.04 Å². The van der Waals surface area contributed by atoms with Crippen LogP contribution in [0.3, 0.4) is 0 Å². The zero-order valence-electron chi connectivity index (χ0n) is 9.89. The molecule has 1 aliphatic heterocycles. The number of aromatic nitrogens is 3.